The van der Waals surface area contributed by atoms with Gasteiger partial charge in [-0.15, -0.1) is 0 Å². The van der Waals surface area contributed by atoms with Crippen molar-refractivity contribution in [2.75, 3.05) is 37.6 Å². The Balaban J connectivity index is 1.49. The molecule has 1 fully saturated rings. The predicted molar refractivity (Wildman–Crippen MR) is 139 cm³/mol. The van der Waals surface area contributed by atoms with Gasteiger partial charge < -0.3 is 9.47 Å². The number of rotatable bonds is 6. The molecule has 5 rings (SSSR count). The van der Waals surface area contributed by atoms with Crippen LogP contribution < -0.4 is 4.90 Å². The minimum Gasteiger partial charge on any atom is -0.355 e. The van der Waals surface area contributed by atoms with E-state index >= 15 is 0 Å². The van der Waals surface area contributed by atoms with Gasteiger partial charge in [0, 0.05) is 50.7 Å². The van der Waals surface area contributed by atoms with Crippen LogP contribution in [0.25, 0.3) is 16.7 Å². The van der Waals surface area contributed by atoms with Gasteiger partial charge in [-0.05, 0) is 62.6 Å². The number of nitrogens with zero attached hydrogens (tertiary/aromatic N) is 6. The summed E-state index contributed by atoms with van der Waals surface area (Å²) in [6.07, 6.45) is 2.01. The average molecular weight is 455 g/mol. The largest absolute Gasteiger partial charge is 0.355 e. The molecule has 0 saturated carbocycles. The van der Waals surface area contributed by atoms with E-state index in [0.29, 0.717) is 5.56 Å². The molecule has 0 unspecified atom stereocenters. The van der Waals surface area contributed by atoms with E-state index in [1.807, 2.05) is 12.1 Å². The van der Waals surface area contributed by atoms with Gasteiger partial charge in [0.15, 0.2) is 5.65 Å². The lowest BCUT2D eigenvalue weighted by Gasteiger charge is -2.38. The van der Waals surface area contributed by atoms with Gasteiger partial charge in [0.1, 0.15) is 11.9 Å². The van der Waals surface area contributed by atoms with Crippen molar-refractivity contribution in [3.05, 3.63) is 64.5 Å². The highest BCUT2D eigenvalue weighted by Gasteiger charge is 2.26. The number of hydrogen-bond donors (Lipinski definition) is 0. The highest BCUT2D eigenvalue weighted by atomic mass is 15.3. The molecule has 176 valence electrons. The van der Waals surface area contributed by atoms with Crippen LogP contribution in [0.5, 0.6) is 0 Å². The lowest BCUT2D eigenvalue weighted by atomic mass is 10.00. The number of fused-ring (bicyclic) bond motifs is 3. The number of nitriles is 1. The van der Waals surface area contributed by atoms with Crippen molar-refractivity contribution in [3.63, 3.8) is 0 Å². The minimum absolute atomic E-state index is 0.708. The fourth-order valence-electron chi connectivity index (χ4n) is 5.52. The summed E-state index contributed by atoms with van der Waals surface area (Å²) in [6, 6.07) is 15.1. The lowest BCUT2D eigenvalue weighted by molar-refractivity contribution is 0.246. The predicted octanol–water partition coefficient (Wildman–Crippen LogP) is 4.86. The number of anilines is 1. The second-order valence-electron chi connectivity index (χ2n) is 9.52. The Hall–Kier alpha value is -3.30. The number of para-hydroxylation sites is 2. The molecule has 1 saturated heterocycles. The molecule has 4 heterocycles. The number of aromatic nitrogens is 3. The molecule has 0 bridgehead atoms. The third kappa shape index (κ3) is 3.74. The zero-order valence-electron chi connectivity index (χ0n) is 20.8. The Bertz CT molecular complexity index is 1360. The van der Waals surface area contributed by atoms with Crippen molar-refractivity contribution in [1.29, 1.82) is 5.26 Å². The van der Waals surface area contributed by atoms with Gasteiger partial charge in [-0.3, -0.25) is 9.30 Å². The number of piperazine rings is 1. The Labute approximate surface area is 202 Å². The van der Waals surface area contributed by atoms with Crippen LogP contribution in [-0.4, -0.2) is 51.6 Å². The van der Waals surface area contributed by atoms with Crippen LogP contribution in [0, 0.1) is 32.1 Å². The van der Waals surface area contributed by atoms with Crippen molar-refractivity contribution in [1.82, 2.24) is 18.9 Å². The zero-order chi connectivity index (χ0) is 23.8. The van der Waals surface area contributed by atoms with Crippen LogP contribution in [-0.2, 0) is 13.0 Å². The van der Waals surface area contributed by atoms with E-state index in [2.05, 4.69) is 76.8 Å². The molecule has 6 nitrogen and oxygen atoms in total. The van der Waals surface area contributed by atoms with Gasteiger partial charge in [-0.1, -0.05) is 25.5 Å². The third-order valence-electron chi connectivity index (χ3n) is 7.43. The van der Waals surface area contributed by atoms with E-state index in [1.54, 1.807) is 0 Å². The Morgan fingerprint density at radius 2 is 1.65 bits per heavy atom. The number of hydrogen-bond acceptors (Lipinski definition) is 4. The summed E-state index contributed by atoms with van der Waals surface area (Å²) in [5.74, 6) is 1.23. The SMILES string of the molecule is CCCc1c(C)c(C#N)c2nc3ccccc3n2c1N1CCN(CCn2c(C)ccc2C)CC1. The van der Waals surface area contributed by atoms with Crippen LogP contribution in [0.1, 0.15) is 41.4 Å². The summed E-state index contributed by atoms with van der Waals surface area (Å²) in [5.41, 5.74) is 8.58. The molecule has 1 aromatic carbocycles. The summed E-state index contributed by atoms with van der Waals surface area (Å²) in [5, 5.41) is 10.0. The number of benzene rings is 1. The molecule has 34 heavy (non-hydrogen) atoms. The molecule has 1 aliphatic heterocycles. The fraction of sp³-hybridized carbons (Fsp3) is 0.429. The molecule has 0 spiro atoms. The van der Waals surface area contributed by atoms with E-state index in [4.69, 9.17) is 4.98 Å². The fourth-order valence-corrected chi connectivity index (χ4v) is 5.52. The van der Waals surface area contributed by atoms with Gasteiger partial charge in [-0.2, -0.15) is 5.26 Å². The number of pyridine rings is 1. The molecular weight excluding hydrogens is 420 g/mol. The van der Waals surface area contributed by atoms with E-state index in [-0.39, 0.29) is 0 Å². The second kappa shape index (κ2) is 9.15. The molecular formula is C28H34N6. The van der Waals surface area contributed by atoms with Gasteiger partial charge >= 0.3 is 0 Å². The monoisotopic (exact) mass is 454 g/mol. The smallest absolute Gasteiger partial charge is 0.157 e. The first-order valence-electron chi connectivity index (χ1n) is 12.5. The van der Waals surface area contributed by atoms with E-state index in [1.165, 1.54) is 22.8 Å². The summed E-state index contributed by atoms with van der Waals surface area (Å²) < 4.78 is 4.67. The zero-order valence-corrected chi connectivity index (χ0v) is 20.8. The van der Waals surface area contributed by atoms with Crippen molar-refractivity contribution < 1.29 is 0 Å². The van der Waals surface area contributed by atoms with E-state index in [9.17, 15) is 5.26 Å². The van der Waals surface area contributed by atoms with Gasteiger partial charge in [0.05, 0.1) is 16.6 Å². The molecule has 0 atom stereocenters. The number of imidazole rings is 1. The van der Waals surface area contributed by atoms with Crippen LogP contribution in [0.2, 0.25) is 0 Å². The molecule has 0 amide bonds. The average Bonchev–Trinajstić information content (AvgIpc) is 3.38. The Morgan fingerprint density at radius 1 is 0.941 bits per heavy atom. The summed E-state index contributed by atoms with van der Waals surface area (Å²) in [6.45, 7) is 14.8. The highest BCUT2D eigenvalue weighted by molar-refractivity contribution is 5.86. The second-order valence-corrected chi connectivity index (χ2v) is 9.52. The summed E-state index contributed by atoms with van der Waals surface area (Å²) >= 11 is 0. The van der Waals surface area contributed by atoms with Crippen molar-refractivity contribution in [2.24, 2.45) is 0 Å². The molecule has 1 aliphatic rings. The van der Waals surface area contributed by atoms with Crippen molar-refractivity contribution in [3.8, 4) is 6.07 Å². The first-order valence-corrected chi connectivity index (χ1v) is 12.5. The minimum atomic E-state index is 0.708. The van der Waals surface area contributed by atoms with Crippen LogP contribution in [0.15, 0.2) is 36.4 Å². The maximum absolute atomic E-state index is 10.0. The maximum atomic E-state index is 10.0. The topological polar surface area (TPSA) is 52.5 Å². The standard InChI is InChI=1S/C28H34N6/c1-5-8-23-22(4)24(19-29)27-30-25-9-6-7-10-26(25)34(27)28(23)32-16-13-31(14-17-32)15-18-33-20(2)11-12-21(33)3/h6-7,9-12H,5,8,13-18H2,1-4H3. The molecule has 0 N–H and O–H groups in total. The van der Waals surface area contributed by atoms with Crippen molar-refractivity contribution in [2.45, 2.75) is 47.1 Å². The maximum Gasteiger partial charge on any atom is 0.157 e. The van der Waals surface area contributed by atoms with E-state index in [0.717, 1.165) is 74.4 Å². The van der Waals surface area contributed by atoms with Crippen LogP contribution >= 0.6 is 0 Å². The van der Waals surface area contributed by atoms with Crippen LogP contribution in [0.4, 0.5) is 5.82 Å². The molecule has 3 aromatic heterocycles. The van der Waals surface area contributed by atoms with Gasteiger partial charge in [-0.25, -0.2) is 4.98 Å². The molecule has 0 radical (unpaired) electrons. The quantitative estimate of drug-likeness (QED) is 0.417. The molecule has 6 heteroatoms. The van der Waals surface area contributed by atoms with Crippen molar-refractivity contribution >= 4 is 22.5 Å². The first kappa shape index (κ1) is 22.5. The Kier molecular flexibility index (Phi) is 6.05. The first-order chi connectivity index (χ1) is 16.5. The third-order valence-corrected chi connectivity index (χ3v) is 7.43. The van der Waals surface area contributed by atoms with Gasteiger partial charge in [0.2, 0.25) is 0 Å². The van der Waals surface area contributed by atoms with E-state index < -0.39 is 0 Å². The highest BCUT2D eigenvalue weighted by Crippen LogP contribution is 2.34. The van der Waals surface area contributed by atoms with Gasteiger partial charge in [0.25, 0.3) is 0 Å². The Morgan fingerprint density at radius 3 is 2.32 bits per heavy atom. The number of aryl methyl sites for hydroxylation is 2. The summed E-state index contributed by atoms with van der Waals surface area (Å²) in [4.78, 5) is 10.0. The normalized spacial score (nSPS) is 14.9. The lowest BCUT2D eigenvalue weighted by Crippen LogP contribution is -2.48. The van der Waals surface area contributed by atoms with Crippen LogP contribution in [0.3, 0.4) is 0 Å². The molecule has 0 aliphatic carbocycles. The summed E-state index contributed by atoms with van der Waals surface area (Å²) in [7, 11) is 0. The molecule has 4 aromatic rings.